The van der Waals surface area contributed by atoms with Crippen molar-refractivity contribution in [3.8, 4) is 11.5 Å². The van der Waals surface area contributed by atoms with Gasteiger partial charge in [-0.1, -0.05) is 0 Å². The Morgan fingerprint density at radius 2 is 1.53 bits per heavy atom. The molecule has 4 heteroatoms. The number of halogens is 2. The van der Waals surface area contributed by atoms with E-state index in [4.69, 9.17) is 9.84 Å². The summed E-state index contributed by atoms with van der Waals surface area (Å²) in [6.45, 7) is 0.0689. The fraction of sp³-hybridized carbons (Fsp3) is 0.0769. The van der Waals surface area contributed by atoms with Crippen LogP contribution in [0, 0.1) is 11.6 Å². The molecule has 0 saturated heterocycles. The van der Waals surface area contributed by atoms with Crippen molar-refractivity contribution < 1.29 is 18.6 Å². The SMILES string of the molecule is Oc1ccc(OCc2cc(F)cc(F)c2)cc1. The van der Waals surface area contributed by atoms with Gasteiger partial charge in [0.05, 0.1) is 0 Å². The topological polar surface area (TPSA) is 29.5 Å². The summed E-state index contributed by atoms with van der Waals surface area (Å²) in [5.41, 5.74) is 0.413. The highest BCUT2D eigenvalue weighted by Gasteiger charge is 2.01. The van der Waals surface area contributed by atoms with Crippen LogP contribution in [-0.4, -0.2) is 5.11 Å². The second-order valence-corrected chi connectivity index (χ2v) is 3.56. The Morgan fingerprint density at radius 3 is 2.12 bits per heavy atom. The first kappa shape index (κ1) is 11.4. The van der Waals surface area contributed by atoms with Gasteiger partial charge >= 0.3 is 0 Å². The molecule has 0 amide bonds. The van der Waals surface area contributed by atoms with Crippen LogP contribution in [0.25, 0.3) is 0 Å². The van der Waals surface area contributed by atoms with Crippen molar-refractivity contribution in [2.45, 2.75) is 6.61 Å². The molecule has 2 nitrogen and oxygen atoms in total. The van der Waals surface area contributed by atoms with E-state index in [-0.39, 0.29) is 12.4 Å². The first-order valence-electron chi connectivity index (χ1n) is 5.00. The molecule has 0 spiro atoms. The smallest absolute Gasteiger partial charge is 0.126 e. The fourth-order valence-electron chi connectivity index (χ4n) is 1.40. The predicted octanol–water partition coefficient (Wildman–Crippen LogP) is 3.25. The van der Waals surface area contributed by atoms with Gasteiger partial charge in [-0.2, -0.15) is 0 Å². The van der Waals surface area contributed by atoms with Crippen molar-refractivity contribution in [1.82, 2.24) is 0 Å². The molecule has 0 heterocycles. The average molecular weight is 236 g/mol. The van der Waals surface area contributed by atoms with Gasteiger partial charge in [0, 0.05) is 6.07 Å². The van der Waals surface area contributed by atoms with Gasteiger partial charge in [0.15, 0.2) is 0 Å². The number of hydrogen-bond donors (Lipinski definition) is 1. The van der Waals surface area contributed by atoms with Gasteiger partial charge < -0.3 is 9.84 Å². The first-order chi connectivity index (χ1) is 8.13. The Hall–Kier alpha value is -2.10. The van der Waals surface area contributed by atoms with Crippen LogP contribution in [0.5, 0.6) is 11.5 Å². The zero-order chi connectivity index (χ0) is 12.3. The molecular formula is C13H10F2O2. The Kier molecular flexibility index (Phi) is 3.23. The van der Waals surface area contributed by atoms with Crippen LogP contribution in [-0.2, 0) is 6.61 Å². The lowest BCUT2D eigenvalue weighted by molar-refractivity contribution is 0.304. The summed E-state index contributed by atoms with van der Waals surface area (Å²) in [6.07, 6.45) is 0. The third-order valence-electron chi connectivity index (χ3n) is 2.16. The quantitative estimate of drug-likeness (QED) is 0.886. The highest BCUT2D eigenvalue weighted by Crippen LogP contribution is 2.17. The first-order valence-corrected chi connectivity index (χ1v) is 5.00. The minimum Gasteiger partial charge on any atom is -0.508 e. The van der Waals surface area contributed by atoms with E-state index in [1.54, 1.807) is 12.1 Å². The Bertz CT molecular complexity index is 489. The van der Waals surface area contributed by atoms with Crippen LogP contribution in [0.2, 0.25) is 0 Å². The molecule has 88 valence electrons. The summed E-state index contributed by atoms with van der Waals surface area (Å²) in [7, 11) is 0. The molecular weight excluding hydrogens is 226 g/mol. The third kappa shape index (κ3) is 3.17. The van der Waals surface area contributed by atoms with E-state index in [0.717, 1.165) is 6.07 Å². The summed E-state index contributed by atoms with van der Waals surface area (Å²) in [5.74, 6) is -0.606. The van der Waals surface area contributed by atoms with Crippen LogP contribution >= 0.6 is 0 Å². The van der Waals surface area contributed by atoms with Gasteiger partial charge in [-0.25, -0.2) is 8.78 Å². The van der Waals surface area contributed by atoms with Crippen molar-refractivity contribution in [1.29, 1.82) is 0 Å². The van der Waals surface area contributed by atoms with E-state index >= 15 is 0 Å². The van der Waals surface area contributed by atoms with E-state index in [0.29, 0.717) is 11.3 Å². The standard InChI is InChI=1S/C13H10F2O2/c14-10-5-9(6-11(15)7-10)8-17-13-3-1-12(16)2-4-13/h1-7,16H,8H2. The zero-order valence-electron chi connectivity index (χ0n) is 8.86. The van der Waals surface area contributed by atoms with Crippen molar-refractivity contribution in [3.63, 3.8) is 0 Å². The maximum atomic E-state index is 12.9. The summed E-state index contributed by atoms with van der Waals surface area (Å²) in [5, 5.41) is 9.06. The summed E-state index contributed by atoms with van der Waals surface area (Å²) < 4.78 is 31.1. The van der Waals surface area contributed by atoms with Gasteiger partial charge in [-0.3, -0.25) is 0 Å². The average Bonchev–Trinajstić information content (AvgIpc) is 2.27. The Morgan fingerprint density at radius 1 is 0.941 bits per heavy atom. The number of phenolic OH excluding ortho intramolecular Hbond substituents is 1. The molecule has 1 N–H and O–H groups in total. The number of hydrogen-bond acceptors (Lipinski definition) is 2. The molecule has 0 radical (unpaired) electrons. The lowest BCUT2D eigenvalue weighted by Gasteiger charge is -2.06. The molecule has 0 unspecified atom stereocenters. The molecule has 0 atom stereocenters. The van der Waals surface area contributed by atoms with Crippen LogP contribution in [0.3, 0.4) is 0 Å². The lowest BCUT2D eigenvalue weighted by Crippen LogP contribution is -1.96. The van der Waals surface area contributed by atoms with Gasteiger partial charge in [0.1, 0.15) is 29.7 Å². The van der Waals surface area contributed by atoms with Crippen LogP contribution < -0.4 is 4.74 Å². The van der Waals surface area contributed by atoms with Gasteiger partial charge in [-0.15, -0.1) is 0 Å². The fourth-order valence-corrected chi connectivity index (χ4v) is 1.40. The number of benzene rings is 2. The Labute approximate surface area is 97.1 Å². The molecule has 0 bridgehead atoms. The normalized spacial score (nSPS) is 10.2. The van der Waals surface area contributed by atoms with Gasteiger partial charge in [-0.05, 0) is 42.0 Å². The van der Waals surface area contributed by atoms with Gasteiger partial charge in [0.25, 0.3) is 0 Å². The third-order valence-corrected chi connectivity index (χ3v) is 2.16. The second kappa shape index (κ2) is 4.82. The highest BCUT2D eigenvalue weighted by atomic mass is 19.1. The predicted molar refractivity (Wildman–Crippen MR) is 58.8 cm³/mol. The molecule has 0 fully saturated rings. The maximum absolute atomic E-state index is 12.9. The molecule has 0 aliphatic heterocycles. The molecule has 2 aromatic carbocycles. The highest BCUT2D eigenvalue weighted by molar-refractivity contribution is 5.30. The lowest BCUT2D eigenvalue weighted by atomic mass is 10.2. The molecule has 0 aromatic heterocycles. The largest absolute Gasteiger partial charge is 0.508 e. The summed E-state index contributed by atoms with van der Waals surface area (Å²) in [4.78, 5) is 0. The molecule has 0 aliphatic rings. The minimum atomic E-state index is -0.630. The monoisotopic (exact) mass is 236 g/mol. The molecule has 2 aromatic rings. The summed E-state index contributed by atoms with van der Waals surface area (Å²) >= 11 is 0. The second-order valence-electron chi connectivity index (χ2n) is 3.56. The van der Waals surface area contributed by atoms with E-state index in [9.17, 15) is 8.78 Å². The van der Waals surface area contributed by atoms with Gasteiger partial charge in [0.2, 0.25) is 0 Å². The summed E-state index contributed by atoms with van der Waals surface area (Å²) in [6, 6.07) is 9.33. The zero-order valence-corrected chi connectivity index (χ0v) is 8.86. The van der Waals surface area contributed by atoms with Crippen molar-refractivity contribution >= 4 is 0 Å². The van der Waals surface area contributed by atoms with Crippen molar-refractivity contribution in [3.05, 3.63) is 59.7 Å². The number of rotatable bonds is 3. The molecule has 17 heavy (non-hydrogen) atoms. The maximum Gasteiger partial charge on any atom is 0.126 e. The minimum absolute atomic E-state index is 0.0689. The van der Waals surface area contributed by atoms with Crippen LogP contribution in [0.4, 0.5) is 8.78 Å². The number of aromatic hydroxyl groups is 1. The molecule has 2 rings (SSSR count). The molecule has 0 saturated carbocycles. The van der Waals surface area contributed by atoms with Crippen molar-refractivity contribution in [2.24, 2.45) is 0 Å². The number of phenols is 1. The van der Waals surface area contributed by atoms with Crippen LogP contribution in [0.1, 0.15) is 5.56 Å². The van der Waals surface area contributed by atoms with E-state index < -0.39 is 11.6 Å². The number of ether oxygens (including phenoxy) is 1. The van der Waals surface area contributed by atoms with E-state index in [1.165, 1.54) is 24.3 Å². The van der Waals surface area contributed by atoms with Crippen LogP contribution in [0.15, 0.2) is 42.5 Å². The van der Waals surface area contributed by atoms with E-state index in [2.05, 4.69) is 0 Å². The van der Waals surface area contributed by atoms with Crippen molar-refractivity contribution in [2.75, 3.05) is 0 Å². The van der Waals surface area contributed by atoms with E-state index in [1.807, 2.05) is 0 Å². The molecule has 0 aliphatic carbocycles. The Balaban J connectivity index is 2.04.